The van der Waals surface area contributed by atoms with Gasteiger partial charge in [-0.25, -0.2) is 0 Å². The van der Waals surface area contributed by atoms with Crippen LogP contribution < -0.4 is 14.8 Å². The molecule has 1 saturated heterocycles. The van der Waals surface area contributed by atoms with Crippen molar-refractivity contribution in [3.05, 3.63) is 59.7 Å². The molecule has 1 amide bonds. The number of amides is 1. The van der Waals surface area contributed by atoms with Crippen LogP contribution in [0.3, 0.4) is 0 Å². The van der Waals surface area contributed by atoms with Gasteiger partial charge in [0.1, 0.15) is 0 Å². The number of hydrogen-bond acceptors (Lipinski definition) is 5. The second kappa shape index (κ2) is 12.2. The Morgan fingerprint density at radius 3 is 2.50 bits per heavy atom. The summed E-state index contributed by atoms with van der Waals surface area (Å²) in [6, 6.07) is 16.6. The highest BCUT2D eigenvalue weighted by atomic mass is 16.5. The van der Waals surface area contributed by atoms with Gasteiger partial charge in [-0.3, -0.25) is 4.79 Å². The van der Waals surface area contributed by atoms with Gasteiger partial charge in [-0.1, -0.05) is 30.3 Å². The molecule has 184 valence electrons. The van der Waals surface area contributed by atoms with Crippen molar-refractivity contribution in [3.63, 3.8) is 0 Å². The van der Waals surface area contributed by atoms with Crippen molar-refractivity contribution in [2.24, 2.45) is 11.8 Å². The zero-order valence-corrected chi connectivity index (χ0v) is 20.5. The molecule has 0 spiro atoms. The average molecular weight is 467 g/mol. The molecule has 0 bridgehead atoms. The number of benzene rings is 2. The summed E-state index contributed by atoms with van der Waals surface area (Å²) in [4.78, 5) is 15.9. The van der Waals surface area contributed by atoms with Crippen molar-refractivity contribution in [2.75, 3.05) is 47.1 Å². The van der Waals surface area contributed by atoms with Crippen LogP contribution in [0.2, 0.25) is 0 Å². The van der Waals surface area contributed by atoms with Gasteiger partial charge < -0.3 is 24.4 Å². The monoisotopic (exact) mass is 466 g/mol. The summed E-state index contributed by atoms with van der Waals surface area (Å²) in [6.07, 6.45) is 5.20. The Morgan fingerprint density at radius 1 is 1.00 bits per heavy atom. The normalized spacial score (nSPS) is 20.1. The molecule has 0 unspecified atom stereocenters. The molecule has 0 aromatic heterocycles. The van der Waals surface area contributed by atoms with Crippen LogP contribution in [-0.2, 0) is 11.2 Å². The number of nitrogens with one attached hydrogen (secondary N) is 1. The molecule has 2 atom stereocenters. The van der Waals surface area contributed by atoms with Crippen molar-refractivity contribution < 1.29 is 19.0 Å². The van der Waals surface area contributed by atoms with Crippen LogP contribution in [0.1, 0.15) is 41.6 Å². The van der Waals surface area contributed by atoms with Gasteiger partial charge in [-0.05, 0) is 74.4 Å². The molecule has 2 aromatic carbocycles. The standard InChI is InChI=1S/C28H38N2O4/c1-32-14-7-15-34-27-17-22(12-13-26(27)33-2)28(31)30(25-10-6-11-25)20-24-19-29-18-23(24)16-21-8-4-3-5-9-21/h3-5,8-9,12-13,17,23-25,29H,6-7,10-11,14-16,18-20H2,1-2H3/t23-,24+/m0/s1. The van der Waals surface area contributed by atoms with Crippen LogP contribution in [0.25, 0.3) is 0 Å². The number of carbonyl (C=O) groups excluding carboxylic acids is 1. The minimum atomic E-state index is 0.0967. The lowest BCUT2D eigenvalue weighted by molar-refractivity contribution is 0.0518. The SMILES string of the molecule is COCCCOc1cc(C(=O)N(C[C@H]2CNC[C@@H]2Cc2ccccc2)C2CCC2)ccc1OC. The van der Waals surface area contributed by atoms with Crippen LogP contribution in [0.15, 0.2) is 48.5 Å². The molecule has 1 aliphatic carbocycles. The Labute approximate surface area is 203 Å². The first-order valence-electron chi connectivity index (χ1n) is 12.5. The molecule has 2 fully saturated rings. The van der Waals surface area contributed by atoms with Gasteiger partial charge in [0.15, 0.2) is 11.5 Å². The minimum absolute atomic E-state index is 0.0967. The Bertz CT molecular complexity index is 916. The van der Waals surface area contributed by atoms with Gasteiger partial charge in [0.05, 0.1) is 13.7 Å². The maximum atomic E-state index is 13.7. The van der Waals surface area contributed by atoms with Crippen molar-refractivity contribution in [1.29, 1.82) is 0 Å². The first-order valence-corrected chi connectivity index (χ1v) is 12.5. The van der Waals surface area contributed by atoms with Crippen molar-refractivity contribution in [3.8, 4) is 11.5 Å². The fourth-order valence-electron chi connectivity index (χ4n) is 4.98. The maximum Gasteiger partial charge on any atom is 0.254 e. The number of rotatable bonds is 12. The molecule has 1 aliphatic heterocycles. The molecular formula is C28H38N2O4. The van der Waals surface area contributed by atoms with Crippen LogP contribution in [0, 0.1) is 11.8 Å². The summed E-state index contributed by atoms with van der Waals surface area (Å²) < 4.78 is 16.5. The Morgan fingerprint density at radius 2 is 1.79 bits per heavy atom. The van der Waals surface area contributed by atoms with Crippen LogP contribution in [0.5, 0.6) is 11.5 Å². The zero-order valence-electron chi connectivity index (χ0n) is 20.5. The van der Waals surface area contributed by atoms with E-state index in [0.717, 1.165) is 45.3 Å². The number of carbonyl (C=O) groups is 1. The largest absolute Gasteiger partial charge is 0.493 e. The lowest BCUT2D eigenvalue weighted by atomic mass is 9.86. The second-order valence-corrected chi connectivity index (χ2v) is 9.47. The quantitative estimate of drug-likeness (QED) is 0.476. The predicted octanol–water partition coefficient (Wildman–Crippen LogP) is 4.18. The Hall–Kier alpha value is -2.57. The first kappa shape index (κ1) is 24.6. The molecule has 0 radical (unpaired) electrons. The molecule has 1 saturated carbocycles. The van der Waals surface area contributed by atoms with Crippen molar-refractivity contribution in [2.45, 2.75) is 38.1 Å². The molecule has 1 N–H and O–H groups in total. The van der Waals surface area contributed by atoms with E-state index >= 15 is 0 Å². The lowest BCUT2D eigenvalue weighted by Crippen LogP contribution is -2.47. The number of hydrogen-bond donors (Lipinski definition) is 1. The van der Waals surface area contributed by atoms with E-state index in [-0.39, 0.29) is 5.91 Å². The second-order valence-electron chi connectivity index (χ2n) is 9.47. The van der Waals surface area contributed by atoms with E-state index in [1.54, 1.807) is 14.2 Å². The molecule has 1 heterocycles. The topological polar surface area (TPSA) is 60.0 Å². The molecule has 2 aliphatic rings. The molecule has 34 heavy (non-hydrogen) atoms. The van der Waals surface area contributed by atoms with E-state index in [1.807, 2.05) is 18.2 Å². The summed E-state index contributed by atoms with van der Waals surface area (Å²) in [5.41, 5.74) is 2.04. The van der Waals surface area contributed by atoms with Crippen LogP contribution >= 0.6 is 0 Å². The summed E-state index contributed by atoms with van der Waals surface area (Å²) >= 11 is 0. The molecule has 2 aromatic rings. The summed E-state index contributed by atoms with van der Waals surface area (Å²) in [6.45, 7) is 3.92. The smallest absolute Gasteiger partial charge is 0.254 e. The maximum absolute atomic E-state index is 13.7. The third-order valence-corrected chi connectivity index (χ3v) is 7.19. The van der Waals surface area contributed by atoms with E-state index in [4.69, 9.17) is 14.2 Å². The summed E-state index contributed by atoms with van der Waals surface area (Å²) in [5.74, 6) is 2.34. The third kappa shape index (κ3) is 6.10. The average Bonchev–Trinajstić information content (AvgIpc) is 3.26. The molecular weight excluding hydrogens is 428 g/mol. The zero-order chi connectivity index (χ0) is 23.8. The molecule has 6 heteroatoms. The van der Waals surface area contributed by atoms with Crippen molar-refractivity contribution >= 4 is 5.91 Å². The fourth-order valence-corrected chi connectivity index (χ4v) is 4.98. The van der Waals surface area contributed by atoms with Crippen LogP contribution in [0.4, 0.5) is 0 Å². The van der Waals surface area contributed by atoms with Crippen LogP contribution in [-0.4, -0.2) is 63.9 Å². The van der Waals surface area contributed by atoms with E-state index in [0.29, 0.717) is 48.2 Å². The highest BCUT2D eigenvalue weighted by molar-refractivity contribution is 5.95. The minimum Gasteiger partial charge on any atom is -0.493 e. The van der Waals surface area contributed by atoms with E-state index in [1.165, 1.54) is 12.0 Å². The highest BCUT2D eigenvalue weighted by Gasteiger charge is 2.35. The summed E-state index contributed by atoms with van der Waals surface area (Å²) in [7, 11) is 3.30. The fraction of sp³-hybridized carbons (Fsp3) is 0.536. The van der Waals surface area contributed by atoms with Gasteiger partial charge in [0, 0.05) is 38.3 Å². The Kier molecular flexibility index (Phi) is 8.83. The van der Waals surface area contributed by atoms with Crippen molar-refractivity contribution in [1.82, 2.24) is 10.2 Å². The van der Waals surface area contributed by atoms with E-state index in [9.17, 15) is 4.79 Å². The number of nitrogens with zero attached hydrogens (tertiary/aromatic N) is 1. The highest BCUT2D eigenvalue weighted by Crippen LogP contribution is 2.33. The lowest BCUT2D eigenvalue weighted by Gasteiger charge is -2.40. The number of ether oxygens (including phenoxy) is 3. The van der Waals surface area contributed by atoms with Gasteiger partial charge >= 0.3 is 0 Å². The van der Waals surface area contributed by atoms with Gasteiger partial charge in [0.2, 0.25) is 0 Å². The Balaban J connectivity index is 1.47. The van der Waals surface area contributed by atoms with Gasteiger partial charge in [-0.15, -0.1) is 0 Å². The predicted molar refractivity (Wildman–Crippen MR) is 134 cm³/mol. The van der Waals surface area contributed by atoms with E-state index in [2.05, 4.69) is 40.5 Å². The number of methoxy groups -OCH3 is 2. The summed E-state index contributed by atoms with van der Waals surface area (Å²) in [5, 5.41) is 3.57. The first-order chi connectivity index (χ1) is 16.7. The third-order valence-electron chi connectivity index (χ3n) is 7.19. The van der Waals surface area contributed by atoms with Gasteiger partial charge in [0.25, 0.3) is 5.91 Å². The van der Waals surface area contributed by atoms with Gasteiger partial charge in [-0.2, -0.15) is 0 Å². The molecule has 4 rings (SSSR count). The molecule has 6 nitrogen and oxygen atoms in total. The van der Waals surface area contributed by atoms with E-state index < -0.39 is 0 Å².